The van der Waals surface area contributed by atoms with Gasteiger partial charge in [-0.2, -0.15) is 0 Å². The Balaban J connectivity index is 0. The number of carboxylic acids is 2. The second kappa shape index (κ2) is 5.79. The first-order valence-electron chi connectivity index (χ1n) is 2.28. The average Bonchev–Trinajstić information content (AvgIpc) is 1.84. The number of aliphatic hydroxyl groups excluding tert-OH is 2. The molecule has 0 saturated heterocycles. The Hall–Kier alpha value is 0.185. The second-order valence-electron chi connectivity index (χ2n) is 1.57. The number of carbonyl (C=O) groups is 2. The second-order valence-corrected chi connectivity index (χ2v) is 1.57. The molecule has 0 aliphatic carbocycles. The van der Waals surface area contributed by atoms with Crippen LogP contribution in [0.3, 0.4) is 0 Å². The Bertz CT molecular complexity index is 139. The van der Waals surface area contributed by atoms with Crippen molar-refractivity contribution in [2.75, 3.05) is 0 Å². The molecule has 0 rings (SSSR count). The van der Waals surface area contributed by atoms with E-state index in [1.165, 1.54) is 0 Å². The van der Waals surface area contributed by atoms with E-state index in [2.05, 4.69) is 0 Å². The molecule has 0 saturated carbocycles. The SMILES string of the molecule is O=C(O)C(O)C(O)C(=O)O.[Gd]. The molecule has 0 fully saturated rings. The van der Waals surface area contributed by atoms with Gasteiger partial charge in [-0.05, 0) is 0 Å². The number of hydrogen-bond donors (Lipinski definition) is 4. The van der Waals surface area contributed by atoms with Gasteiger partial charge in [0.2, 0.25) is 0 Å². The summed E-state index contributed by atoms with van der Waals surface area (Å²) in [5, 5.41) is 32.5. The minimum Gasteiger partial charge on any atom is -0.479 e. The van der Waals surface area contributed by atoms with Crippen LogP contribution in [0.4, 0.5) is 0 Å². The zero-order chi connectivity index (χ0) is 8.31. The van der Waals surface area contributed by atoms with Crippen molar-refractivity contribution in [2.45, 2.75) is 12.2 Å². The van der Waals surface area contributed by atoms with E-state index >= 15 is 0 Å². The quantitative estimate of drug-likeness (QED) is 0.474. The van der Waals surface area contributed by atoms with Crippen LogP contribution < -0.4 is 0 Å². The third-order valence-corrected chi connectivity index (χ3v) is 0.805. The van der Waals surface area contributed by atoms with Gasteiger partial charge in [-0.3, -0.25) is 0 Å². The van der Waals surface area contributed by atoms with Crippen LogP contribution in [-0.2, 0) is 9.59 Å². The standard InChI is InChI=1S/C4H6O6.Gd/c5-1(3(7)8)2(6)4(9)10;/h1-2,5-6H,(H,7,8)(H,9,10);. The fourth-order valence-electron chi connectivity index (χ4n) is 0.270. The molecule has 11 heavy (non-hydrogen) atoms. The van der Waals surface area contributed by atoms with Crippen molar-refractivity contribution < 1.29 is 70.0 Å². The van der Waals surface area contributed by atoms with E-state index in [1.807, 2.05) is 0 Å². The molecule has 4 N–H and O–H groups in total. The molecule has 0 radical (unpaired) electrons. The van der Waals surface area contributed by atoms with Gasteiger partial charge in [-0.15, -0.1) is 0 Å². The van der Waals surface area contributed by atoms with Crippen LogP contribution in [0.15, 0.2) is 0 Å². The van der Waals surface area contributed by atoms with Crippen LogP contribution >= 0.6 is 0 Å². The monoisotopic (exact) mass is 308 g/mol. The Morgan fingerprint density at radius 2 is 1.09 bits per heavy atom. The number of rotatable bonds is 3. The molecular formula is C4H6GdO6. The van der Waals surface area contributed by atoms with E-state index in [9.17, 15) is 9.59 Å². The fourth-order valence-corrected chi connectivity index (χ4v) is 0.270. The summed E-state index contributed by atoms with van der Waals surface area (Å²) >= 11 is 0. The molecule has 66 valence electrons. The maximum Gasteiger partial charge on any atom is 0.335 e. The first-order chi connectivity index (χ1) is 4.46. The van der Waals surface area contributed by atoms with Crippen molar-refractivity contribution in [1.82, 2.24) is 0 Å². The summed E-state index contributed by atoms with van der Waals surface area (Å²) in [6.07, 6.45) is -4.53. The van der Waals surface area contributed by atoms with Crippen molar-refractivity contribution in [3.63, 3.8) is 0 Å². The summed E-state index contributed by atoms with van der Waals surface area (Å²) in [5.41, 5.74) is 0. The van der Waals surface area contributed by atoms with Crippen LogP contribution in [0.5, 0.6) is 0 Å². The maximum atomic E-state index is 9.77. The third kappa shape index (κ3) is 4.60. The summed E-state index contributed by atoms with van der Waals surface area (Å²) in [4.78, 5) is 19.5. The third-order valence-electron chi connectivity index (χ3n) is 0.805. The van der Waals surface area contributed by atoms with Crippen LogP contribution in [-0.4, -0.2) is 44.6 Å². The van der Waals surface area contributed by atoms with E-state index in [0.29, 0.717) is 0 Å². The van der Waals surface area contributed by atoms with Crippen LogP contribution in [0, 0.1) is 39.9 Å². The van der Waals surface area contributed by atoms with Crippen LogP contribution in [0.1, 0.15) is 0 Å². The first kappa shape index (κ1) is 13.8. The zero-order valence-corrected chi connectivity index (χ0v) is 7.38. The van der Waals surface area contributed by atoms with E-state index in [-0.39, 0.29) is 39.9 Å². The van der Waals surface area contributed by atoms with Crippen molar-refractivity contribution in [1.29, 1.82) is 0 Å². The van der Waals surface area contributed by atoms with Gasteiger partial charge in [-0.1, -0.05) is 0 Å². The Morgan fingerprint density at radius 1 is 0.909 bits per heavy atom. The number of hydrogen-bond acceptors (Lipinski definition) is 4. The largest absolute Gasteiger partial charge is 0.479 e. The summed E-state index contributed by atoms with van der Waals surface area (Å²) in [7, 11) is 0. The molecule has 0 aromatic carbocycles. The molecule has 0 aromatic rings. The Labute approximate surface area is 93.5 Å². The summed E-state index contributed by atoms with van der Waals surface area (Å²) in [6.45, 7) is 0. The number of aliphatic hydroxyl groups is 2. The molecule has 0 heterocycles. The van der Waals surface area contributed by atoms with Gasteiger partial charge in [0, 0.05) is 39.9 Å². The minimum atomic E-state index is -2.27. The molecule has 0 spiro atoms. The molecule has 2 atom stereocenters. The number of aliphatic carboxylic acids is 2. The van der Waals surface area contributed by atoms with E-state index in [4.69, 9.17) is 20.4 Å². The molecular weight excluding hydrogens is 301 g/mol. The molecule has 6 nitrogen and oxygen atoms in total. The normalized spacial score (nSPS) is 14.4. The smallest absolute Gasteiger partial charge is 0.335 e. The van der Waals surface area contributed by atoms with Gasteiger partial charge in [0.1, 0.15) is 0 Å². The molecule has 0 bridgehead atoms. The van der Waals surface area contributed by atoms with Crippen molar-refractivity contribution in [3.05, 3.63) is 0 Å². The van der Waals surface area contributed by atoms with Gasteiger partial charge in [0.05, 0.1) is 0 Å². The molecule has 2 unspecified atom stereocenters. The predicted octanol–water partition coefficient (Wildman–Crippen LogP) is -2.12. The summed E-state index contributed by atoms with van der Waals surface area (Å²) in [6, 6.07) is 0. The zero-order valence-electron chi connectivity index (χ0n) is 5.11. The average molecular weight is 307 g/mol. The van der Waals surface area contributed by atoms with Crippen LogP contribution in [0.2, 0.25) is 0 Å². The van der Waals surface area contributed by atoms with E-state index in [1.54, 1.807) is 0 Å². The summed E-state index contributed by atoms with van der Waals surface area (Å²) in [5.74, 6) is -3.54. The van der Waals surface area contributed by atoms with Gasteiger partial charge in [0.25, 0.3) is 0 Å². The molecule has 0 aliphatic heterocycles. The Morgan fingerprint density at radius 3 is 1.18 bits per heavy atom. The van der Waals surface area contributed by atoms with Gasteiger partial charge < -0.3 is 20.4 Å². The predicted molar refractivity (Wildman–Crippen MR) is 27.3 cm³/mol. The van der Waals surface area contributed by atoms with E-state index in [0.717, 1.165) is 0 Å². The fraction of sp³-hybridized carbons (Fsp3) is 0.500. The maximum absolute atomic E-state index is 9.77. The van der Waals surface area contributed by atoms with Gasteiger partial charge >= 0.3 is 11.9 Å². The number of carboxylic acid groups (broad SMARTS) is 2. The van der Waals surface area contributed by atoms with Crippen molar-refractivity contribution in [2.24, 2.45) is 0 Å². The first-order valence-corrected chi connectivity index (χ1v) is 2.28. The molecule has 0 amide bonds. The molecule has 7 heteroatoms. The van der Waals surface area contributed by atoms with Crippen molar-refractivity contribution >= 4 is 11.9 Å². The van der Waals surface area contributed by atoms with Gasteiger partial charge in [0.15, 0.2) is 12.2 Å². The van der Waals surface area contributed by atoms with Crippen molar-refractivity contribution in [3.8, 4) is 0 Å². The Kier molecular flexibility index (Phi) is 7.24. The van der Waals surface area contributed by atoms with E-state index < -0.39 is 24.1 Å². The topological polar surface area (TPSA) is 115 Å². The molecule has 0 aromatic heterocycles. The molecule has 0 aliphatic rings. The minimum absolute atomic E-state index is 0. The summed E-state index contributed by atoms with van der Waals surface area (Å²) < 4.78 is 0. The van der Waals surface area contributed by atoms with Gasteiger partial charge in [-0.25, -0.2) is 9.59 Å². The van der Waals surface area contributed by atoms with Crippen LogP contribution in [0.25, 0.3) is 0 Å².